The van der Waals surface area contributed by atoms with Gasteiger partial charge in [0.05, 0.1) is 5.92 Å². The Balaban J connectivity index is 2.20. The van der Waals surface area contributed by atoms with Crippen LogP contribution in [0.5, 0.6) is 0 Å². The maximum absolute atomic E-state index is 12.5. The predicted octanol–water partition coefficient (Wildman–Crippen LogP) is -0.229. The fraction of sp³-hybridized carbons (Fsp3) is 0.889. The van der Waals surface area contributed by atoms with Gasteiger partial charge >= 0.3 is 0 Å². The monoisotopic (exact) mass is 355 g/mol. The first-order valence-electron chi connectivity index (χ1n) is 9.45. The van der Waals surface area contributed by atoms with Crippen LogP contribution in [-0.4, -0.2) is 69.1 Å². The molecule has 7 heteroatoms. The molecule has 1 heterocycles. The van der Waals surface area contributed by atoms with Crippen molar-refractivity contribution in [3.63, 3.8) is 0 Å². The Labute approximate surface area is 152 Å². The number of carbonyl (C=O) groups excluding carboxylic acids is 2. The number of rotatable bonds is 12. The van der Waals surface area contributed by atoms with E-state index in [1.54, 1.807) is 0 Å². The minimum Gasteiger partial charge on any atom is -0.329 e. The number of nitrogens with two attached hydrogens (primary N) is 1. The lowest BCUT2D eigenvalue weighted by molar-refractivity contribution is -0.139. The molecule has 1 aliphatic heterocycles. The normalized spacial score (nSPS) is 21.4. The summed E-state index contributed by atoms with van der Waals surface area (Å²) in [4.78, 5) is 26.3. The molecule has 2 atom stereocenters. The van der Waals surface area contributed by atoms with E-state index < -0.39 is 0 Å². The first-order chi connectivity index (χ1) is 11.8. The van der Waals surface area contributed by atoms with Crippen molar-refractivity contribution in [2.75, 3.05) is 52.4 Å². The largest absolute Gasteiger partial charge is 0.329 e. The lowest BCUT2D eigenvalue weighted by atomic mass is 9.80. The van der Waals surface area contributed by atoms with Crippen LogP contribution >= 0.6 is 0 Å². The van der Waals surface area contributed by atoms with Crippen LogP contribution in [0.1, 0.15) is 34.1 Å². The van der Waals surface area contributed by atoms with Crippen LogP contribution < -0.4 is 21.7 Å². The molecule has 0 spiro atoms. The van der Waals surface area contributed by atoms with Crippen molar-refractivity contribution >= 4 is 11.8 Å². The number of imide groups is 1. The smallest absolute Gasteiger partial charge is 0.233 e. The highest BCUT2D eigenvalue weighted by atomic mass is 16.2. The zero-order valence-electron chi connectivity index (χ0n) is 16.4. The van der Waals surface area contributed by atoms with E-state index in [0.717, 1.165) is 39.1 Å². The highest BCUT2D eigenvalue weighted by molar-refractivity contribution is 6.04. The lowest BCUT2D eigenvalue weighted by Gasteiger charge is -2.23. The Morgan fingerprint density at radius 1 is 0.920 bits per heavy atom. The van der Waals surface area contributed by atoms with E-state index >= 15 is 0 Å². The molecule has 0 radical (unpaired) electrons. The van der Waals surface area contributed by atoms with Crippen molar-refractivity contribution in [1.29, 1.82) is 0 Å². The molecule has 1 fully saturated rings. The molecular formula is C18H37N5O2. The average molecular weight is 356 g/mol. The molecule has 0 aromatic rings. The molecule has 1 saturated heterocycles. The summed E-state index contributed by atoms with van der Waals surface area (Å²) in [6.45, 7) is 14.3. The van der Waals surface area contributed by atoms with Gasteiger partial charge in [-0.05, 0) is 11.8 Å². The van der Waals surface area contributed by atoms with Gasteiger partial charge in [0.15, 0.2) is 0 Å². The predicted molar refractivity (Wildman–Crippen MR) is 101 cm³/mol. The molecule has 25 heavy (non-hydrogen) atoms. The summed E-state index contributed by atoms with van der Waals surface area (Å²) in [7, 11) is 0. The summed E-state index contributed by atoms with van der Waals surface area (Å²) in [6.07, 6.45) is 0.755. The molecule has 0 saturated carbocycles. The van der Waals surface area contributed by atoms with Crippen molar-refractivity contribution in [1.82, 2.24) is 20.9 Å². The fourth-order valence-corrected chi connectivity index (χ4v) is 3.11. The lowest BCUT2D eigenvalue weighted by Crippen LogP contribution is -2.39. The number of nitrogens with zero attached hydrogens (tertiary/aromatic N) is 1. The minimum absolute atomic E-state index is 0.00155. The average Bonchev–Trinajstić information content (AvgIpc) is 2.72. The number of carbonyl (C=O) groups is 2. The van der Waals surface area contributed by atoms with E-state index in [2.05, 4.69) is 36.7 Å². The molecule has 146 valence electrons. The summed E-state index contributed by atoms with van der Waals surface area (Å²) in [6, 6.07) is 0. The molecule has 0 aromatic carbocycles. The van der Waals surface area contributed by atoms with Gasteiger partial charge in [0.25, 0.3) is 0 Å². The molecule has 5 N–H and O–H groups in total. The summed E-state index contributed by atoms with van der Waals surface area (Å²) in [5.41, 5.74) is 5.45. The fourth-order valence-electron chi connectivity index (χ4n) is 3.11. The van der Waals surface area contributed by atoms with Gasteiger partial charge < -0.3 is 21.7 Å². The third kappa shape index (κ3) is 7.81. The standard InChI is InChI=1S/C18H37N5O2/c1-14-15(13-18(2,3)4)17(25)23(16(14)24)12-11-22-10-9-21-8-7-20-6-5-19/h14-15,20-22H,5-13,19H2,1-4H3. The van der Waals surface area contributed by atoms with Crippen molar-refractivity contribution in [3.05, 3.63) is 0 Å². The van der Waals surface area contributed by atoms with Gasteiger partial charge in [-0.3, -0.25) is 14.5 Å². The van der Waals surface area contributed by atoms with E-state index in [0.29, 0.717) is 19.6 Å². The summed E-state index contributed by atoms with van der Waals surface area (Å²) < 4.78 is 0. The van der Waals surface area contributed by atoms with Crippen LogP contribution in [0, 0.1) is 17.3 Å². The number of hydrogen-bond donors (Lipinski definition) is 4. The second kappa shape index (κ2) is 10.9. The molecule has 0 aliphatic carbocycles. The highest BCUT2D eigenvalue weighted by Gasteiger charge is 2.45. The van der Waals surface area contributed by atoms with Gasteiger partial charge in [0.2, 0.25) is 11.8 Å². The molecule has 1 aliphatic rings. The molecule has 2 unspecified atom stereocenters. The van der Waals surface area contributed by atoms with Crippen LogP contribution in [-0.2, 0) is 9.59 Å². The van der Waals surface area contributed by atoms with Crippen LogP contribution in [0.15, 0.2) is 0 Å². The van der Waals surface area contributed by atoms with Gasteiger partial charge in [-0.2, -0.15) is 0 Å². The van der Waals surface area contributed by atoms with Gasteiger partial charge in [0.1, 0.15) is 0 Å². The first-order valence-corrected chi connectivity index (χ1v) is 9.45. The molecule has 7 nitrogen and oxygen atoms in total. The van der Waals surface area contributed by atoms with Crippen molar-refractivity contribution in [2.45, 2.75) is 34.1 Å². The van der Waals surface area contributed by atoms with E-state index in [1.807, 2.05) is 6.92 Å². The van der Waals surface area contributed by atoms with Crippen LogP contribution in [0.3, 0.4) is 0 Å². The third-order valence-electron chi connectivity index (χ3n) is 4.47. The number of nitrogens with one attached hydrogen (secondary N) is 3. The Morgan fingerprint density at radius 2 is 1.44 bits per heavy atom. The van der Waals surface area contributed by atoms with Crippen molar-refractivity contribution in [3.8, 4) is 0 Å². The molecule has 0 bridgehead atoms. The van der Waals surface area contributed by atoms with Crippen molar-refractivity contribution < 1.29 is 9.59 Å². The van der Waals surface area contributed by atoms with E-state index in [-0.39, 0.29) is 29.1 Å². The third-order valence-corrected chi connectivity index (χ3v) is 4.47. The zero-order valence-corrected chi connectivity index (χ0v) is 16.4. The first kappa shape index (κ1) is 22.0. The summed E-state index contributed by atoms with van der Waals surface area (Å²) in [5, 5.41) is 9.82. The second-order valence-corrected chi connectivity index (χ2v) is 8.03. The Morgan fingerprint density at radius 3 is 1.96 bits per heavy atom. The Kier molecular flexibility index (Phi) is 9.56. The quantitative estimate of drug-likeness (QED) is 0.285. The van der Waals surface area contributed by atoms with E-state index in [4.69, 9.17) is 5.73 Å². The van der Waals surface area contributed by atoms with Crippen molar-refractivity contribution in [2.24, 2.45) is 23.0 Å². The maximum Gasteiger partial charge on any atom is 0.233 e. The van der Waals surface area contributed by atoms with Crippen LogP contribution in [0.4, 0.5) is 0 Å². The Hall–Kier alpha value is -1.02. The number of likely N-dealkylation sites (tertiary alicyclic amines) is 1. The highest BCUT2D eigenvalue weighted by Crippen LogP contribution is 2.35. The van der Waals surface area contributed by atoms with Gasteiger partial charge in [0, 0.05) is 58.3 Å². The van der Waals surface area contributed by atoms with E-state index in [9.17, 15) is 9.59 Å². The maximum atomic E-state index is 12.5. The zero-order chi connectivity index (χ0) is 18.9. The van der Waals surface area contributed by atoms with E-state index in [1.165, 1.54) is 4.90 Å². The van der Waals surface area contributed by atoms with Gasteiger partial charge in [-0.25, -0.2) is 0 Å². The van der Waals surface area contributed by atoms with Gasteiger partial charge in [-0.1, -0.05) is 27.7 Å². The summed E-state index contributed by atoms with van der Waals surface area (Å²) in [5.74, 6) is -0.395. The topological polar surface area (TPSA) is 99.5 Å². The minimum atomic E-state index is -0.200. The molecule has 1 rings (SSSR count). The van der Waals surface area contributed by atoms with Gasteiger partial charge in [-0.15, -0.1) is 0 Å². The number of amides is 2. The second-order valence-electron chi connectivity index (χ2n) is 8.03. The molecule has 2 amide bonds. The Bertz CT molecular complexity index is 422. The molecule has 0 aromatic heterocycles. The summed E-state index contributed by atoms with van der Waals surface area (Å²) >= 11 is 0. The SMILES string of the molecule is CC1C(=O)N(CCNCCNCCNCCN)C(=O)C1CC(C)(C)C. The van der Waals surface area contributed by atoms with Crippen LogP contribution in [0.2, 0.25) is 0 Å². The molecular weight excluding hydrogens is 318 g/mol. The van der Waals surface area contributed by atoms with Crippen LogP contribution in [0.25, 0.3) is 0 Å². The number of hydrogen-bond acceptors (Lipinski definition) is 6.